The molecule has 19 heavy (non-hydrogen) atoms. The molecule has 2 aromatic rings. The van der Waals surface area contributed by atoms with Gasteiger partial charge in [0.15, 0.2) is 0 Å². The maximum absolute atomic E-state index is 14.0. The van der Waals surface area contributed by atoms with Crippen LogP contribution in [0, 0.1) is 12.7 Å². The van der Waals surface area contributed by atoms with Gasteiger partial charge >= 0.3 is 0 Å². The predicted molar refractivity (Wildman–Crippen MR) is 71.5 cm³/mol. The number of aromatic amines is 1. The lowest BCUT2D eigenvalue weighted by molar-refractivity contribution is 0.595. The SMILES string of the molecule is Cc1nc(Sc2ccc(CNC3CC3)cc2F)n[nH]1. The Kier molecular flexibility index (Phi) is 3.52. The summed E-state index contributed by atoms with van der Waals surface area (Å²) in [5, 5.41) is 10.6. The van der Waals surface area contributed by atoms with E-state index < -0.39 is 0 Å². The van der Waals surface area contributed by atoms with Crippen LogP contribution in [0.3, 0.4) is 0 Å². The first-order chi connectivity index (χ1) is 9.20. The van der Waals surface area contributed by atoms with E-state index in [1.54, 1.807) is 12.1 Å². The highest BCUT2D eigenvalue weighted by Gasteiger charge is 2.20. The van der Waals surface area contributed by atoms with Crippen LogP contribution in [-0.2, 0) is 6.54 Å². The summed E-state index contributed by atoms with van der Waals surface area (Å²) in [4.78, 5) is 4.70. The zero-order chi connectivity index (χ0) is 13.2. The molecular formula is C13H15FN4S. The Bertz CT molecular complexity index is 580. The van der Waals surface area contributed by atoms with Crippen molar-refractivity contribution in [2.24, 2.45) is 0 Å². The minimum Gasteiger partial charge on any atom is -0.310 e. The average Bonchev–Trinajstić information content (AvgIpc) is 3.13. The molecule has 0 amide bonds. The summed E-state index contributed by atoms with van der Waals surface area (Å²) in [6.45, 7) is 2.55. The molecule has 1 saturated carbocycles. The van der Waals surface area contributed by atoms with Gasteiger partial charge in [-0.15, -0.1) is 5.10 Å². The standard InChI is InChI=1S/C13H15FN4S/c1-8-16-13(18-17-8)19-12-5-2-9(6-11(12)14)7-15-10-3-4-10/h2,5-6,10,15H,3-4,7H2,1H3,(H,16,17,18). The van der Waals surface area contributed by atoms with E-state index in [-0.39, 0.29) is 5.82 Å². The van der Waals surface area contributed by atoms with Gasteiger partial charge in [0.25, 0.3) is 0 Å². The van der Waals surface area contributed by atoms with E-state index in [2.05, 4.69) is 20.5 Å². The third-order valence-electron chi connectivity index (χ3n) is 2.95. The molecule has 0 spiro atoms. The van der Waals surface area contributed by atoms with E-state index in [0.29, 0.717) is 16.1 Å². The minimum absolute atomic E-state index is 0.220. The molecule has 6 heteroatoms. The Morgan fingerprint density at radius 3 is 2.95 bits per heavy atom. The summed E-state index contributed by atoms with van der Waals surface area (Å²) in [5.74, 6) is 0.510. The molecule has 1 aromatic carbocycles. The number of H-pyrrole nitrogens is 1. The van der Waals surface area contributed by atoms with Crippen LogP contribution in [0.1, 0.15) is 24.2 Å². The van der Waals surface area contributed by atoms with Gasteiger partial charge in [0.2, 0.25) is 5.16 Å². The zero-order valence-corrected chi connectivity index (χ0v) is 11.4. The molecule has 0 aliphatic heterocycles. The van der Waals surface area contributed by atoms with Crippen molar-refractivity contribution in [3.8, 4) is 0 Å². The summed E-state index contributed by atoms with van der Waals surface area (Å²) >= 11 is 1.23. The Morgan fingerprint density at radius 1 is 1.47 bits per heavy atom. The van der Waals surface area contributed by atoms with Crippen LogP contribution in [0.25, 0.3) is 0 Å². The first-order valence-corrected chi connectivity index (χ1v) is 7.11. The van der Waals surface area contributed by atoms with Gasteiger partial charge in [-0.05, 0) is 49.2 Å². The Hall–Kier alpha value is -1.40. The first-order valence-electron chi connectivity index (χ1n) is 6.29. The molecule has 0 atom stereocenters. The van der Waals surface area contributed by atoms with Crippen molar-refractivity contribution in [2.75, 3.05) is 0 Å². The maximum atomic E-state index is 14.0. The van der Waals surface area contributed by atoms with Crippen molar-refractivity contribution in [2.45, 2.75) is 42.4 Å². The average molecular weight is 278 g/mol. The van der Waals surface area contributed by atoms with E-state index in [9.17, 15) is 4.39 Å². The number of nitrogens with zero attached hydrogens (tertiary/aromatic N) is 2. The van der Waals surface area contributed by atoms with Crippen LogP contribution in [0.2, 0.25) is 0 Å². The molecule has 100 valence electrons. The molecule has 2 N–H and O–H groups in total. The monoisotopic (exact) mass is 278 g/mol. The molecule has 1 aliphatic carbocycles. The second-order valence-corrected chi connectivity index (χ2v) is 5.73. The number of aryl methyl sites for hydroxylation is 1. The lowest BCUT2D eigenvalue weighted by atomic mass is 10.2. The molecule has 3 rings (SSSR count). The highest BCUT2D eigenvalue weighted by molar-refractivity contribution is 7.99. The summed E-state index contributed by atoms with van der Waals surface area (Å²) in [7, 11) is 0. The molecule has 0 bridgehead atoms. The predicted octanol–water partition coefficient (Wildman–Crippen LogP) is 2.66. The lowest BCUT2D eigenvalue weighted by Crippen LogP contribution is -2.15. The number of hydrogen-bond acceptors (Lipinski definition) is 4. The highest BCUT2D eigenvalue weighted by atomic mass is 32.2. The van der Waals surface area contributed by atoms with Gasteiger partial charge in [-0.1, -0.05) is 6.07 Å². The molecular weight excluding hydrogens is 263 g/mol. The summed E-state index contributed by atoms with van der Waals surface area (Å²) in [6.07, 6.45) is 2.47. The summed E-state index contributed by atoms with van der Waals surface area (Å²) in [6, 6.07) is 5.95. The zero-order valence-electron chi connectivity index (χ0n) is 10.6. The van der Waals surface area contributed by atoms with Gasteiger partial charge in [-0.3, -0.25) is 5.10 Å². The van der Waals surface area contributed by atoms with Gasteiger partial charge in [-0.2, -0.15) is 0 Å². The Labute approximate surface area is 115 Å². The van der Waals surface area contributed by atoms with Crippen LogP contribution in [0.5, 0.6) is 0 Å². The lowest BCUT2D eigenvalue weighted by Gasteiger charge is -2.05. The molecule has 0 saturated heterocycles. The van der Waals surface area contributed by atoms with Gasteiger partial charge in [0, 0.05) is 12.6 Å². The van der Waals surface area contributed by atoms with E-state index in [4.69, 9.17) is 0 Å². The van der Waals surface area contributed by atoms with Gasteiger partial charge in [0.1, 0.15) is 11.6 Å². The molecule has 1 aliphatic rings. The van der Waals surface area contributed by atoms with Crippen LogP contribution in [0.15, 0.2) is 28.3 Å². The quantitative estimate of drug-likeness (QED) is 0.883. The number of nitrogens with one attached hydrogen (secondary N) is 2. The number of halogens is 1. The molecule has 0 unspecified atom stereocenters. The number of hydrogen-bond donors (Lipinski definition) is 2. The third kappa shape index (κ3) is 3.33. The number of benzene rings is 1. The number of rotatable bonds is 5. The topological polar surface area (TPSA) is 53.6 Å². The molecule has 4 nitrogen and oxygen atoms in total. The molecule has 0 radical (unpaired) electrons. The van der Waals surface area contributed by atoms with Crippen molar-refractivity contribution >= 4 is 11.8 Å². The first kappa shape index (κ1) is 12.6. The van der Waals surface area contributed by atoms with Crippen molar-refractivity contribution in [3.63, 3.8) is 0 Å². The summed E-state index contributed by atoms with van der Waals surface area (Å²) < 4.78 is 14.0. The second-order valence-electron chi connectivity index (χ2n) is 4.73. The van der Waals surface area contributed by atoms with Crippen molar-refractivity contribution in [1.82, 2.24) is 20.5 Å². The number of aromatic nitrogens is 3. The van der Waals surface area contributed by atoms with Gasteiger partial charge in [0.05, 0.1) is 4.90 Å². The van der Waals surface area contributed by atoms with E-state index >= 15 is 0 Å². The molecule has 1 heterocycles. The van der Waals surface area contributed by atoms with Gasteiger partial charge < -0.3 is 5.32 Å². The molecule has 1 aromatic heterocycles. The van der Waals surface area contributed by atoms with Crippen molar-refractivity contribution < 1.29 is 4.39 Å². The Balaban J connectivity index is 1.67. The van der Waals surface area contributed by atoms with Crippen LogP contribution >= 0.6 is 11.8 Å². The largest absolute Gasteiger partial charge is 0.310 e. The normalized spacial score (nSPS) is 14.8. The van der Waals surface area contributed by atoms with E-state index in [0.717, 1.165) is 17.9 Å². The van der Waals surface area contributed by atoms with Crippen LogP contribution in [-0.4, -0.2) is 21.2 Å². The summed E-state index contributed by atoms with van der Waals surface area (Å²) in [5.41, 5.74) is 0.972. The van der Waals surface area contributed by atoms with Crippen LogP contribution < -0.4 is 5.32 Å². The third-order valence-corrected chi connectivity index (χ3v) is 3.86. The Morgan fingerprint density at radius 2 is 2.32 bits per heavy atom. The van der Waals surface area contributed by atoms with E-state index in [1.165, 1.54) is 24.6 Å². The molecule has 1 fully saturated rings. The van der Waals surface area contributed by atoms with Crippen LogP contribution in [0.4, 0.5) is 4.39 Å². The smallest absolute Gasteiger partial charge is 0.213 e. The fourth-order valence-electron chi connectivity index (χ4n) is 1.75. The highest BCUT2D eigenvalue weighted by Crippen LogP contribution is 2.28. The van der Waals surface area contributed by atoms with E-state index in [1.807, 2.05) is 13.0 Å². The van der Waals surface area contributed by atoms with Crippen molar-refractivity contribution in [1.29, 1.82) is 0 Å². The minimum atomic E-state index is -0.220. The fourth-order valence-corrected chi connectivity index (χ4v) is 2.52. The second kappa shape index (κ2) is 5.30. The van der Waals surface area contributed by atoms with Crippen molar-refractivity contribution in [3.05, 3.63) is 35.4 Å². The van der Waals surface area contributed by atoms with Gasteiger partial charge in [-0.25, -0.2) is 9.37 Å². The fraction of sp³-hybridized carbons (Fsp3) is 0.385. The maximum Gasteiger partial charge on any atom is 0.213 e.